The van der Waals surface area contributed by atoms with Crippen molar-refractivity contribution in [3.63, 3.8) is 0 Å². The van der Waals surface area contributed by atoms with Crippen LogP contribution in [0.25, 0.3) is 0 Å². The highest BCUT2D eigenvalue weighted by molar-refractivity contribution is 5.54. The van der Waals surface area contributed by atoms with Gasteiger partial charge < -0.3 is 15.1 Å². The first-order valence-corrected chi connectivity index (χ1v) is 6.72. The fourth-order valence-electron chi connectivity index (χ4n) is 2.26. The third-order valence-electron chi connectivity index (χ3n) is 3.38. The van der Waals surface area contributed by atoms with Gasteiger partial charge in [0, 0.05) is 18.8 Å². The number of furan rings is 1. The molecule has 1 aromatic carbocycles. The molecule has 0 bridgehead atoms. The molecule has 0 aliphatic carbocycles. The molecule has 1 atom stereocenters. The Morgan fingerprint density at radius 2 is 1.95 bits per heavy atom. The van der Waals surface area contributed by atoms with Crippen molar-refractivity contribution in [2.75, 3.05) is 11.9 Å². The van der Waals surface area contributed by atoms with Gasteiger partial charge in [0.15, 0.2) is 0 Å². The number of para-hydroxylation sites is 1. The molecular formula is C16H22N2O. The second kappa shape index (κ2) is 5.93. The number of aryl methyl sites for hydroxylation is 1. The van der Waals surface area contributed by atoms with E-state index in [1.54, 1.807) is 0 Å². The van der Waals surface area contributed by atoms with E-state index in [9.17, 15) is 0 Å². The highest BCUT2D eigenvalue weighted by atomic mass is 16.3. The zero-order valence-electron chi connectivity index (χ0n) is 11.9. The Bertz CT molecular complexity index is 533. The molecule has 0 amide bonds. The van der Waals surface area contributed by atoms with Crippen LogP contribution in [0.1, 0.15) is 36.5 Å². The van der Waals surface area contributed by atoms with E-state index in [2.05, 4.69) is 31.0 Å². The van der Waals surface area contributed by atoms with Gasteiger partial charge in [-0.15, -0.1) is 0 Å². The standard InChI is InChI=1S/C16H22N2O/c1-4-15(17)14-7-5-6-8-16(14)18(3)11-13-10-9-12(2)19-13/h5-10,15H,4,11,17H2,1-3H3. The first kappa shape index (κ1) is 13.7. The quantitative estimate of drug-likeness (QED) is 0.890. The third kappa shape index (κ3) is 3.18. The Hall–Kier alpha value is -1.74. The molecule has 3 heteroatoms. The van der Waals surface area contributed by atoms with Crippen molar-refractivity contribution in [1.29, 1.82) is 0 Å². The van der Waals surface area contributed by atoms with Crippen molar-refractivity contribution in [3.05, 3.63) is 53.5 Å². The van der Waals surface area contributed by atoms with Crippen molar-refractivity contribution < 1.29 is 4.42 Å². The van der Waals surface area contributed by atoms with Crippen molar-refractivity contribution in [3.8, 4) is 0 Å². The van der Waals surface area contributed by atoms with Gasteiger partial charge in [0.2, 0.25) is 0 Å². The van der Waals surface area contributed by atoms with Gasteiger partial charge in [-0.05, 0) is 37.1 Å². The summed E-state index contributed by atoms with van der Waals surface area (Å²) in [4.78, 5) is 2.18. The Morgan fingerprint density at radius 3 is 2.58 bits per heavy atom. The summed E-state index contributed by atoms with van der Waals surface area (Å²) >= 11 is 0. The average Bonchev–Trinajstić information content (AvgIpc) is 2.83. The molecule has 0 saturated carbocycles. The lowest BCUT2D eigenvalue weighted by Crippen LogP contribution is -2.20. The van der Waals surface area contributed by atoms with E-state index in [0.29, 0.717) is 0 Å². The fourth-order valence-corrected chi connectivity index (χ4v) is 2.26. The predicted octanol–water partition coefficient (Wildman–Crippen LogP) is 3.63. The number of nitrogens with two attached hydrogens (primary N) is 1. The molecular weight excluding hydrogens is 236 g/mol. The predicted molar refractivity (Wildman–Crippen MR) is 79.2 cm³/mol. The minimum atomic E-state index is 0.0805. The maximum Gasteiger partial charge on any atom is 0.123 e. The summed E-state index contributed by atoms with van der Waals surface area (Å²) in [5.74, 6) is 1.92. The van der Waals surface area contributed by atoms with Crippen LogP contribution in [-0.4, -0.2) is 7.05 Å². The second-order valence-electron chi connectivity index (χ2n) is 4.94. The van der Waals surface area contributed by atoms with E-state index < -0.39 is 0 Å². The molecule has 0 aliphatic heterocycles. The molecule has 1 unspecified atom stereocenters. The van der Waals surface area contributed by atoms with Crippen LogP contribution in [0.5, 0.6) is 0 Å². The monoisotopic (exact) mass is 258 g/mol. The van der Waals surface area contributed by atoms with Gasteiger partial charge >= 0.3 is 0 Å². The lowest BCUT2D eigenvalue weighted by molar-refractivity contribution is 0.481. The number of hydrogen-bond acceptors (Lipinski definition) is 3. The summed E-state index contributed by atoms with van der Waals surface area (Å²) in [6.45, 7) is 4.82. The molecule has 1 heterocycles. The summed E-state index contributed by atoms with van der Waals surface area (Å²) < 4.78 is 5.63. The summed E-state index contributed by atoms with van der Waals surface area (Å²) in [5.41, 5.74) is 8.54. The molecule has 102 valence electrons. The summed E-state index contributed by atoms with van der Waals surface area (Å²) in [6.07, 6.45) is 0.935. The summed E-state index contributed by atoms with van der Waals surface area (Å²) in [5, 5.41) is 0. The van der Waals surface area contributed by atoms with Gasteiger partial charge in [-0.2, -0.15) is 0 Å². The number of nitrogens with zero attached hydrogens (tertiary/aromatic N) is 1. The molecule has 2 N–H and O–H groups in total. The highest BCUT2D eigenvalue weighted by Crippen LogP contribution is 2.27. The molecule has 0 fully saturated rings. The minimum Gasteiger partial charge on any atom is -0.464 e. The van der Waals surface area contributed by atoms with Gasteiger partial charge in [-0.1, -0.05) is 25.1 Å². The van der Waals surface area contributed by atoms with Crippen molar-refractivity contribution in [1.82, 2.24) is 0 Å². The normalized spacial score (nSPS) is 12.4. The van der Waals surface area contributed by atoms with Gasteiger partial charge in [0.05, 0.1) is 6.54 Å². The topological polar surface area (TPSA) is 42.4 Å². The van der Waals surface area contributed by atoms with Crippen LogP contribution < -0.4 is 10.6 Å². The van der Waals surface area contributed by atoms with Crippen molar-refractivity contribution in [2.24, 2.45) is 5.73 Å². The molecule has 3 nitrogen and oxygen atoms in total. The maximum atomic E-state index is 6.18. The SMILES string of the molecule is CCC(N)c1ccccc1N(C)Cc1ccc(C)o1. The van der Waals surface area contributed by atoms with Crippen molar-refractivity contribution >= 4 is 5.69 Å². The molecule has 0 saturated heterocycles. The molecule has 1 aromatic heterocycles. The Morgan fingerprint density at radius 1 is 1.21 bits per heavy atom. The largest absolute Gasteiger partial charge is 0.464 e. The molecule has 0 aliphatic rings. The Balaban J connectivity index is 2.21. The lowest BCUT2D eigenvalue weighted by Gasteiger charge is -2.23. The van der Waals surface area contributed by atoms with E-state index in [1.165, 1.54) is 11.3 Å². The summed E-state index contributed by atoms with van der Waals surface area (Å²) in [7, 11) is 2.07. The van der Waals surface area contributed by atoms with Gasteiger partial charge in [0.1, 0.15) is 11.5 Å². The van der Waals surface area contributed by atoms with E-state index >= 15 is 0 Å². The number of benzene rings is 1. The van der Waals surface area contributed by atoms with Gasteiger partial charge in [-0.25, -0.2) is 0 Å². The van der Waals surface area contributed by atoms with Gasteiger partial charge in [0.25, 0.3) is 0 Å². The van der Waals surface area contributed by atoms with Crippen molar-refractivity contribution in [2.45, 2.75) is 32.9 Å². The smallest absolute Gasteiger partial charge is 0.123 e. The highest BCUT2D eigenvalue weighted by Gasteiger charge is 2.13. The van der Waals surface area contributed by atoms with Crippen LogP contribution in [0.15, 0.2) is 40.8 Å². The molecule has 19 heavy (non-hydrogen) atoms. The fraction of sp³-hybridized carbons (Fsp3) is 0.375. The molecule has 2 rings (SSSR count). The third-order valence-corrected chi connectivity index (χ3v) is 3.38. The lowest BCUT2D eigenvalue weighted by atomic mass is 10.0. The number of rotatable bonds is 5. The molecule has 0 radical (unpaired) electrons. The van der Waals surface area contributed by atoms with Crippen LogP contribution in [-0.2, 0) is 6.54 Å². The Labute approximate surface area is 115 Å². The van der Waals surface area contributed by atoms with E-state index in [4.69, 9.17) is 10.2 Å². The number of anilines is 1. The van der Waals surface area contributed by atoms with E-state index in [0.717, 1.165) is 24.5 Å². The Kier molecular flexibility index (Phi) is 4.27. The number of hydrogen-bond donors (Lipinski definition) is 1. The van der Waals surface area contributed by atoms with Crippen LogP contribution in [0.2, 0.25) is 0 Å². The summed E-state index contributed by atoms with van der Waals surface area (Å²) in [6, 6.07) is 12.4. The van der Waals surface area contributed by atoms with Gasteiger partial charge in [-0.3, -0.25) is 0 Å². The molecule has 0 spiro atoms. The zero-order chi connectivity index (χ0) is 13.8. The maximum absolute atomic E-state index is 6.18. The van der Waals surface area contributed by atoms with Crippen LogP contribution >= 0.6 is 0 Å². The van der Waals surface area contributed by atoms with E-state index in [1.807, 2.05) is 31.2 Å². The zero-order valence-corrected chi connectivity index (χ0v) is 11.9. The average molecular weight is 258 g/mol. The van der Waals surface area contributed by atoms with Crippen LogP contribution in [0.3, 0.4) is 0 Å². The van der Waals surface area contributed by atoms with E-state index in [-0.39, 0.29) is 6.04 Å². The first-order chi connectivity index (χ1) is 9.11. The van der Waals surface area contributed by atoms with Crippen LogP contribution in [0.4, 0.5) is 5.69 Å². The first-order valence-electron chi connectivity index (χ1n) is 6.72. The molecule has 2 aromatic rings. The van der Waals surface area contributed by atoms with Crippen LogP contribution in [0, 0.1) is 6.92 Å². The second-order valence-corrected chi connectivity index (χ2v) is 4.94. The minimum absolute atomic E-state index is 0.0805.